The highest BCUT2D eigenvalue weighted by Crippen LogP contribution is 2.14. The van der Waals surface area contributed by atoms with Crippen LogP contribution in [0.2, 0.25) is 0 Å². The van der Waals surface area contributed by atoms with Gasteiger partial charge in [-0.15, -0.1) is 0 Å². The Bertz CT molecular complexity index is 266. The van der Waals surface area contributed by atoms with E-state index < -0.39 is 0 Å². The minimum Gasteiger partial charge on any atom is -0.393 e. The molecular weight excluding hydrogens is 240 g/mol. The fraction of sp³-hybridized carbons (Fsp3) is 0.500. The molecular formula is C12H17BrO. The molecule has 0 bridgehead atoms. The number of hydrogen-bond acceptors (Lipinski definition) is 1. The first kappa shape index (κ1) is 11.7. The molecule has 1 rings (SSSR count). The molecule has 1 aromatic carbocycles. The normalized spacial score (nSPS) is 13.2. The van der Waals surface area contributed by atoms with Crippen molar-refractivity contribution in [2.75, 3.05) is 0 Å². The largest absolute Gasteiger partial charge is 0.393 e. The van der Waals surface area contributed by atoms with Gasteiger partial charge in [-0.1, -0.05) is 41.9 Å². The van der Waals surface area contributed by atoms with Crippen molar-refractivity contribution in [2.24, 2.45) is 5.92 Å². The second kappa shape index (κ2) is 5.52. The monoisotopic (exact) mass is 256 g/mol. The van der Waals surface area contributed by atoms with E-state index in [2.05, 4.69) is 29.8 Å². The van der Waals surface area contributed by atoms with Crippen LogP contribution in [-0.4, -0.2) is 11.2 Å². The zero-order valence-electron chi connectivity index (χ0n) is 8.70. The summed E-state index contributed by atoms with van der Waals surface area (Å²) in [6.07, 6.45) is 1.41. The molecule has 0 aliphatic carbocycles. The molecule has 0 aliphatic heterocycles. The first-order valence-corrected chi connectivity index (χ1v) is 5.79. The lowest BCUT2D eigenvalue weighted by atomic mass is 10.00. The molecule has 0 radical (unpaired) electrons. The molecule has 0 heterocycles. The van der Waals surface area contributed by atoms with E-state index in [0.29, 0.717) is 5.92 Å². The Balaban J connectivity index is 2.47. The minimum atomic E-state index is -0.212. The zero-order valence-corrected chi connectivity index (χ0v) is 10.3. The van der Waals surface area contributed by atoms with E-state index in [0.717, 1.165) is 17.3 Å². The van der Waals surface area contributed by atoms with E-state index in [4.69, 9.17) is 0 Å². The molecule has 0 amide bonds. The molecule has 78 valence electrons. The van der Waals surface area contributed by atoms with Gasteiger partial charge in [-0.3, -0.25) is 0 Å². The summed E-state index contributed by atoms with van der Waals surface area (Å²) < 4.78 is 1.08. The van der Waals surface area contributed by atoms with Crippen molar-refractivity contribution >= 4 is 15.9 Å². The van der Waals surface area contributed by atoms with Gasteiger partial charge in [0, 0.05) is 4.47 Å². The van der Waals surface area contributed by atoms with Crippen molar-refractivity contribution in [1.82, 2.24) is 0 Å². The minimum absolute atomic E-state index is 0.212. The van der Waals surface area contributed by atoms with E-state index in [9.17, 15) is 5.11 Å². The van der Waals surface area contributed by atoms with Gasteiger partial charge in [-0.25, -0.2) is 0 Å². The van der Waals surface area contributed by atoms with Crippen LogP contribution < -0.4 is 0 Å². The number of rotatable bonds is 4. The number of hydrogen-bond donors (Lipinski definition) is 1. The standard InChI is InChI=1S/C12H17BrO/c1-9(2)7-12(14)8-10-3-5-11(13)6-4-10/h3-6,9,12,14H,7-8H2,1-2H3. The highest BCUT2D eigenvalue weighted by atomic mass is 79.9. The Morgan fingerprint density at radius 2 is 1.79 bits per heavy atom. The van der Waals surface area contributed by atoms with Gasteiger partial charge >= 0.3 is 0 Å². The van der Waals surface area contributed by atoms with Crippen molar-refractivity contribution in [3.63, 3.8) is 0 Å². The summed E-state index contributed by atoms with van der Waals surface area (Å²) in [6.45, 7) is 4.26. The van der Waals surface area contributed by atoms with Crippen LogP contribution in [-0.2, 0) is 6.42 Å². The average Bonchev–Trinajstić information content (AvgIpc) is 2.07. The van der Waals surface area contributed by atoms with Crippen molar-refractivity contribution in [3.05, 3.63) is 34.3 Å². The Hall–Kier alpha value is -0.340. The predicted molar refractivity (Wildman–Crippen MR) is 63.3 cm³/mol. The number of halogens is 1. The number of benzene rings is 1. The van der Waals surface area contributed by atoms with Crippen LogP contribution in [0.3, 0.4) is 0 Å². The predicted octanol–water partition coefficient (Wildman–Crippen LogP) is 3.40. The fourth-order valence-corrected chi connectivity index (χ4v) is 1.78. The molecule has 1 unspecified atom stereocenters. The van der Waals surface area contributed by atoms with Crippen LogP contribution >= 0.6 is 15.9 Å². The van der Waals surface area contributed by atoms with Crippen molar-refractivity contribution in [3.8, 4) is 0 Å². The van der Waals surface area contributed by atoms with Crippen LogP contribution in [0.15, 0.2) is 28.7 Å². The smallest absolute Gasteiger partial charge is 0.0583 e. The van der Waals surface area contributed by atoms with Gasteiger partial charge in [0.05, 0.1) is 6.10 Å². The Morgan fingerprint density at radius 3 is 2.29 bits per heavy atom. The van der Waals surface area contributed by atoms with Crippen LogP contribution in [0.25, 0.3) is 0 Å². The molecule has 1 aromatic rings. The van der Waals surface area contributed by atoms with Crippen LogP contribution in [0.5, 0.6) is 0 Å². The average molecular weight is 257 g/mol. The molecule has 2 heteroatoms. The molecule has 1 N–H and O–H groups in total. The van der Waals surface area contributed by atoms with Gasteiger partial charge in [0.15, 0.2) is 0 Å². The molecule has 0 fully saturated rings. The third-order valence-corrected chi connectivity index (χ3v) is 2.66. The summed E-state index contributed by atoms with van der Waals surface area (Å²) in [4.78, 5) is 0. The zero-order chi connectivity index (χ0) is 10.6. The molecule has 14 heavy (non-hydrogen) atoms. The maximum atomic E-state index is 9.73. The first-order valence-electron chi connectivity index (χ1n) is 5.00. The second-order valence-electron chi connectivity index (χ2n) is 4.11. The Labute approximate surface area is 94.3 Å². The molecule has 1 nitrogen and oxygen atoms in total. The summed E-state index contributed by atoms with van der Waals surface area (Å²) >= 11 is 3.39. The summed E-state index contributed by atoms with van der Waals surface area (Å²) in [5.41, 5.74) is 1.20. The third-order valence-electron chi connectivity index (χ3n) is 2.13. The van der Waals surface area contributed by atoms with Gasteiger partial charge in [0.1, 0.15) is 0 Å². The first-order chi connectivity index (χ1) is 6.58. The molecule has 1 atom stereocenters. The quantitative estimate of drug-likeness (QED) is 0.876. The van der Waals surface area contributed by atoms with Gasteiger partial charge in [0.2, 0.25) is 0 Å². The van der Waals surface area contributed by atoms with Gasteiger partial charge < -0.3 is 5.11 Å². The lowest BCUT2D eigenvalue weighted by Gasteiger charge is -2.12. The lowest BCUT2D eigenvalue weighted by Crippen LogP contribution is -2.13. The molecule has 0 saturated heterocycles. The van der Waals surface area contributed by atoms with Crippen molar-refractivity contribution in [2.45, 2.75) is 32.8 Å². The van der Waals surface area contributed by atoms with Gasteiger partial charge in [0.25, 0.3) is 0 Å². The topological polar surface area (TPSA) is 20.2 Å². The summed E-state index contributed by atoms with van der Waals surface area (Å²) in [5.74, 6) is 0.556. The van der Waals surface area contributed by atoms with Gasteiger partial charge in [-0.05, 0) is 36.5 Å². The molecule has 0 aromatic heterocycles. The van der Waals surface area contributed by atoms with E-state index >= 15 is 0 Å². The Kier molecular flexibility index (Phi) is 4.63. The maximum Gasteiger partial charge on any atom is 0.0583 e. The molecule has 0 saturated carbocycles. The van der Waals surface area contributed by atoms with E-state index in [-0.39, 0.29) is 6.10 Å². The highest BCUT2D eigenvalue weighted by molar-refractivity contribution is 9.10. The fourth-order valence-electron chi connectivity index (χ4n) is 1.52. The van der Waals surface area contributed by atoms with E-state index in [1.165, 1.54) is 5.56 Å². The number of aliphatic hydroxyl groups is 1. The summed E-state index contributed by atoms with van der Waals surface area (Å²) in [5, 5.41) is 9.73. The van der Waals surface area contributed by atoms with Crippen LogP contribution in [0, 0.1) is 5.92 Å². The molecule has 0 spiro atoms. The maximum absolute atomic E-state index is 9.73. The lowest BCUT2D eigenvalue weighted by molar-refractivity contribution is 0.149. The summed E-state index contributed by atoms with van der Waals surface area (Å²) in [6, 6.07) is 8.12. The SMILES string of the molecule is CC(C)CC(O)Cc1ccc(Br)cc1. The Morgan fingerprint density at radius 1 is 1.21 bits per heavy atom. The van der Waals surface area contributed by atoms with E-state index in [1.807, 2.05) is 24.3 Å². The summed E-state index contributed by atoms with van der Waals surface area (Å²) in [7, 11) is 0. The van der Waals surface area contributed by atoms with E-state index in [1.54, 1.807) is 0 Å². The number of aliphatic hydroxyl groups excluding tert-OH is 1. The van der Waals surface area contributed by atoms with Crippen molar-refractivity contribution < 1.29 is 5.11 Å². The van der Waals surface area contributed by atoms with Crippen molar-refractivity contribution in [1.29, 1.82) is 0 Å². The third kappa shape index (κ3) is 4.25. The second-order valence-corrected chi connectivity index (χ2v) is 5.03. The molecule has 0 aliphatic rings. The highest BCUT2D eigenvalue weighted by Gasteiger charge is 2.07. The van der Waals surface area contributed by atoms with Crippen LogP contribution in [0.1, 0.15) is 25.8 Å². The van der Waals surface area contributed by atoms with Gasteiger partial charge in [-0.2, -0.15) is 0 Å². The van der Waals surface area contributed by atoms with Crippen LogP contribution in [0.4, 0.5) is 0 Å².